The standard InChI is InChI=1S/C19H23N3O6/c1-11(2)18(26)20-14-7-5-13(6-8-14)17(25)12(3)28-16(24)10-22-15(23)9-21(4)19(22)27/h5-8,11-12H,9-10H2,1-4H3,(H,20,26)/t12-/m1/s1. The molecule has 0 saturated carbocycles. The number of carbonyl (C=O) groups is 5. The number of likely N-dealkylation sites (N-methyl/N-ethyl adjacent to an activating group) is 1. The quantitative estimate of drug-likeness (QED) is 0.427. The third-order valence-corrected chi connectivity index (χ3v) is 4.16. The summed E-state index contributed by atoms with van der Waals surface area (Å²) in [5.41, 5.74) is 0.853. The van der Waals surface area contributed by atoms with E-state index < -0.39 is 36.3 Å². The smallest absolute Gasteiger partial charge is 0.327 e. The highest BCUT2D eigenvalue weighted by atomic mass is 16.5. The third-order valence-electron chi connectivity index (χ3n) is 4.16. The Morgan fingerprint density at radius 2 is 1.71 bits per heavy atom. The number of amides is 4. The van der Waals surface area contributed by atoms with Crippen LogP contribution < -0.4 is 5.32 Å². The molecular weight excluding hydrogens is 366 g/mol. The van der Waals surface area contributed by atoms with Gasteiger partial charge in [-0.2, -0.15) is 0 Å². The lowest BCUT2D eigenvalue weighted by Crippen LogP contribution is -2.38. The van der Waals surface area contributed by atoms with E-state index in [0.717, 1.165) is 4.90 Å². The summed E-state index contributed by atoms with van der Waals surface area (Å²) in [5, 5.41) is 2.71. The molecule has 0 spiro atoms. The minimum absolute atomic E-state index is 0.0969. The van der Waals surface area contributed by atoms with Crippen LogP contribution in [0.3, 0.4) is 0 Å². The molecule has 28 heavy (non-hydrogen) atoms. The molecule has 1 saturated heterocycles. The molecule has 150 valence electrons. The minimum atomic E-state index is -1.09. The van der Waals surface area contributed by atoms with Gasteiger partial charge in [0.25, 0.3) is 5.91 Å². The van der Waals surface area contributed by atoms with Gasteiger partial charge in [0.1, 0.15) is 13.1 Å². The molecule has 1 fully saturated rings. The van der Waals surface area contributed by atoms with Crippen molar-refractivity contribution >= 4 is 35.3 Å². The number of hydrogen-bond acceptors (Lipinski definition) is 6. The summed E-state index contributed by atoms with van der Waals surface area (Å²) in [6.07, 6.45) is -1.09. The van der Waals surface area contributed by atoms with Crippen molar-refractivity contribution in [2.75, 3.05) is 25.5 Å². The average molecular weight is 389 g/mol. The fourth-order valence-corrected chi connectivity index (χ4v) is 2.48. The predicted molar refractivity (Wildman–Crippen MR) is 99.5 cm³/mol. The zero-order valence-electron chi connectivity index (χ0n) is 16.2. The van der Waals surface area contributed by atoms with Gasteiger partial charge in [0.2, 0.25) is 11.7 Å². The van der Waals surface area contributed by atoms with Gasteiger partial charge in [-0.25, -0.2) is 4.79 Å². The molecule has 9 heteroatoms. The van der Waals surface area contributed by atoms with Crippen molar-refractivity contribution in [1.82, 2.24) is 9.80 Å². The monoisotopic (exact) mass is 389 g/mol. The van der Waals surface area contributed by atoms with E-state index in [1.807, 2.05) is 0 Å². The zero-order chi connectivity index (χ0) is 21.0. The fourth-order valence-electron chi connectivity index (χ4n) is 2.48. The van der Waals surface area contributed by atoms with Crippen molar-refractivity contribution < 1.29 is 28.7 Å². The third kappa shape index (κ3) is 4.93. The topological polar surface area (TPSA) is 113 Å². The minimum Gasteiger partial charge on any atom is -0.453 e. The van der Waals surface area contributed by atoms with E-state index in [0.29, 0.717) is 11.3 Å². The van der Waals surface area contributed by atoms with Crippen LogP contribution in [0.1, 0.15) is 31.1 Å². The summed E-state index contributed by atoms with van der Waals surface area (Å²) in [5.74, 6) is -2.10. The lowest BCUT2D eigenvalue weighted by molar-refractivity contribution is -0.149. The molecular formula is C19H23N3O6. The Kier molecular flexibility index (Phi) is 6.50. The number of rotatable bonds is 7. The van der Waals surface area contributed by atoms with E-state index in [1.165, 1.54) is 31.0 Å². The second-order valence-electron chi connectivity index (χ2n) is 6.84. The predicted octanol–water partition coefficient (Wildman–Crippen LogP) is 1.29. The molecule has 1 aromatic carbocycles. The first-order chi connectivity index (χ1) is 13.1. The van der Waals surface area contributed by atoms with Crippen LogP contribution in [0.4, 0.5) is 10.5 Å². The van der Waals surface area contributed by atoms with Crippen LogP contribution in [0, 0.1) is 5.92 Å². The summed E-state index contributed by atoms with van der Waals surface area (Å²) < 4.78 is 5.06. The van der Waals surface area contributed by atoms with Crippen LogP contribution in [0.5, 0.6) is 0 Å². The number of anilines is 1. The molecule has 1 aliphatic rings. The molecule has 0 aromatic heterocycles. The Balaban J connectivity index is 1.93. The highest BCUT2D eigenvalue weighted by Crippen LogP contribution is 2.14. The molecule has 9 nitrogen and oxygen atoms in total. The SMILES string of the molecule is CC(C)C(=O)Nc1ccc(C(=O)[C@@H](C)OC(=O)CN2C(=O)CN(C)C2=O)cc1. The molecule has 1 heterocycles. The van der Waals surface area contributed by atoms with Crippen molar-refractivity contribution in [2.24, 2.45) is 5.92 Å². The zero-order valence-corrected chi connectivity index (χ0v) is 16.2. The maximum Gasteiger partial charge on any atom is 0.327 e. The van der Waals surface area contributed by atoms with Crippen molar-refractivity contribution in [3.63, 3.8) is 0 Å². The number of hydrogen-bond donors (Lipinski definition) is 1. The van der Waals surface area contributed by atoms with E-state index in [4.69, 9.17) is 4.74 Å². The summed E-state index contributed by atoms with van der Waals surface area (Å²) in [4.78, 5) is 61.5. The highest BCUT2D eigenvalue weighted by molar-refractivity contribution is 6.04. The molecule has 0 unspecified atom stereocenters. The van der Waals surface area contributed by atoms with Gasteiger partial charge >= 0.3 is 12.0 Å². The molecule has 4 amide bonds. The molecule has 0 bridgehead atoms. The van der Waals surface area contributed by atoms with Crippen molar-refractivity contribution in [1.29, 1.82) is 0 Å². The fraction of sp³-hybridized carbons (Fsp3) is 0.421. The van der Waals surface area contributed by atoms with Crippen molar-refractivity contribution in [2.45, 2.75) is 26.9 Å². The van der Waals surface area contributed by atoms with Crippen LogP contribution in [0.2, 0.25) is 0 Å². The molecule has 1 aromatic rings. The normalized spacial score (nSPS) is 15.0. The Bertz CT molecular complexity index is 802. The lowest BCUT2D eigenvalue weighted by atomic mass is 10.1. The second-order valence-corrected chi connectivity index (χ2v) is 6.84. The molecule has 0 radical (unpaired) electrons. The Hall–Kier alpha value is -3.23. The van der Waals surface area contributed by atoms with E-state index in [9.17, 15) is 24.0 Å². The Morgan fingerprint density at radius 1 is 1.11 bits per heavy atom. The molecule has 2 rings (SSSR count). The molecule has 1 aliphatic heterocycles. The molecule has 1 atom stereocenters. The first-order valence-electron chi connectivity index (χ1n) is 8.80. The van der Waals surface area contributed by atoms with Gasteiger partial charge in [-0.1, -0.05) is 13.8 Å². The number of benzene rings is 1. The first-order valence-corrected chi connectivity index (χ1v) is 8.80. The number of urea groups is 1. The summed E-state index contributed by atoms with van der Waals surface area (Å²) in [7, 11) is 1.45. The van der Waals surface area contributed by atoms with Crippen LogP contribution in [-0.2, 0) is 19.1 Å². The number of nitrogens with one attached hydrogen (secondary N) is 1. The Morgan fingerprint density at radius 3 is 2.21 bits per heavy atom. The van der Waals surface area contributed by atoms with Crippen LogP contribution in [0.15, 0.2) is 24.3 Å². The van der Waals surface area contributed by atoms with Gasteiger partial charge in [0.15, 0.2) is 6.10 Å². The van der Waals surface area contributed by atoms with Crippen molar-refractivity contribution in [3.05, 3.63) is 29.8 Å². The van der Waals surface area contributed by atoms with Crippen molar-refractivity contribution in [3.8, 4) is 0 Å². The number of nitrogens with zero attached hydrogens (tertiary/aromatic N) is 2. The number of ketones is 1. The maximum absolute atomic E-state index is 12.4. The maximum atomic E-state index is 12.4. The molecule has 0 aliphatic carbocycles. The van der Waals surface area contributed by atoms with Gasteiger partial charge in [-0.15, -0.1) is 0 Å². The van der Waals surface area contributed by atoms with Crippen LogP contribution in [0.25, 0.3) is 0 Å². The van der Waals surface area contributed by atoms with E-state index in [-0.39, 0.29) is 18.4 Å². The number of carbonyl (C=O) groups excluding carboxylic acids is 5. The molecule has 1 N–H and O–H groups in total. The summed E-state index contributed by atoms with van der Waals surface area (Å²) in [6.45, 7) is 4.31. The number of imide groups is 1. The Labute approximate surface area is 162 Å². The number of Topliss-reactive ketones (excluding diaryl/α,β-unsaturated/α-hetero) is 1. The highest BCUT2D eigenvalue weighted by Gasteiger charge is 2.35. The average Bonchev–Trinajstić information content (AvgIpc) is 2.87. The van der Waals surface area contributed by atoms with Crippen LogP contribution >= 0.6 is 0 Å². The van der Waals surface area contributed by atoms with Crippen LogP contribution in [-0.4, -0.2) is 65.6 Å². The van der Waals surface area contributed by atoms with E-state index >= 15 is 0 Å². The van der Waals surface area contributed by atoms with Gasteiger partial charge < -0.3 is 15.0 Å². The lowest BCUT2D eigenvalue weighted by Gasteiger charge is -2.16. The largest absolute Gasteiger partial charge is 0.453 e. The van der Waals surface area contributed by atoms with Gasteiger partial charge in [0, 0.05) is 24.2 Å². The van der Waals surface area contributed by atoms with E-state index in [1.54, 1.807) is 26.0 Å². The van der Waals surface area contributed by atoms with Gasteiger partial charge in [-0.05, 0) is 31.2 Å². The summed E-state index contributed by atoms with van der Waals surface area (Å²) >= 11 is 0. The first kappa shape index (κ1) is 21.1. The number of ether oxygens (including phenoxy) is 1. The van der Waals surface area contributed by atoms with Gasteiger partial charge in [0.05, 0.1) is 0 Å². The second kappa shape index (κ2) is 8.64. The summed E-state index contributed by atoms with van der Waals surface area (Å²) in [6, 6.07) is 5.62. The van der Waals surface area contributed by atoms with E-state index in [2.05, 4.69) is 5.32 Å². The van der Waals surface area contributed by atoms with Gasteiger partial charge in [-0.3, -0.25) is 24.1 Å². The number of esters is 1.